The predicted octanol–water partition coefficient (Wildman–Crippen LogP) is 1.02. The van der Waals surface area contributed by atoms with E-state index >= 15 is 0 Å². The minimum Gasteiger partial charge on any atom is -0.399 e. The lowest BCUT2D eigenvalue weighted by atomic mass is 10.1. The number of hydrogen-bond donors (Lipinski definition) is 2. The molecule has 1 rings (SSSR count). The summed E-state index contributed by atoms with van der Waals surface area (Å²) < 4.78 is 0. The summed E-state index contributed by atoms with van der Waals surface area (Å²) in [5, 5.41) is 11.5. The van der Waals surface area contributed by atoms with E-state index in [4.69, 9.17) is 11.0 Å². The molecular formula is C13H13N3O. The topological polar surface area (TPSA) is 78.9 Å². The van der Waals surface area contributed by atoms with Crippen LogP contribution in [0.1, 0.15) is 24.5 Å². The lowest BCUT2D eigenvalue weighted by Gasteiger charge is -1.97. The first kappa shape index (κ1) is 12.6. The van der Waals surface area contributed by atoms with Crippen LogP contribution in [0.3, 0.4) is 0 Å². The van der Waals surface area contributed by atoms with E-state index in [1.807, 2.05) is 6.07 Å². The fraction of sp³-hybridized carbons (Fsp3) is 0.231. The molecule has 17 heavy (non-hydrogen) atoms. The molecule has 0 aromatic heterocycles. The number of anilines is 1. The Morgan fingerprint density at radius 3 is 2.88 bits per heavy atom. The van der Waals surface area contributed by atoms with Crippen LogP contribution in [0.25, 0.3) is 0 Å². The van der Waals surface area contributed by atoms with Gasteiger partial charge in [0.1, 0.15) is 6.07 Å². The summed E-state index contributed by atoms with van der Waals surface area (Å²) in [6.07, 6.45) is 0.550. The van der Waals surface area contributed by atoms with Crippen LogP contribution in [-0.4, -0.2) is 12.5 Å². The number of nitrogen functional groups attached to an aromatic ring is 1. The molecule has 3 N–H and O–H groups in total. The molecule has 0 saturated heterocycles. The average molecular weight is 227 g/mol. The molecule has 1 amide bonds. The minimum absolute atomic E-state index is 0.0722. The van der Waals surface area contributed by atoms with E-state index in [-0.39, 0.29) is 5.91 Å². The zero-order chi connectivity index (χ0) is 12.7. The summed E-state index contributed by atoms with van der Waals surface area (Å²) in [5.41, 5.74) is 7.24. The van der Waals surface area contributed by atoms with E-state index in [1.54, 1.807) is 18.2 Å². The fourth-order valence-corrected chi connectivity index (χ4v) is 1.22. The Morgan fingerprint density at radius 2 is 2.24 bits per heavy atom. The molecule has 4 heteroatoms. The lowest BCUT2D eigenvalue weighted by Crippen LogP contribution is -2.20. The van der Waals surface area contributed by atoms with E-state index < -0.39 is 0 Å². The quantitative estimate of drug-likeness (QED) is 0.449. The maximum atomic E-state index is 10.6. The number of hydrogen-bond acceptors (Lipinski definition) is 3. The molecule has 0 heterocycles. The molecule has 4 nitrogen and oxygen atoms in total. The standard InChI is InChI=1S/C13H13N3O/c1-10(17)16-7-3-2-4-11-5-6-13(15)8-12(11)9-14/h5-6,8H,3,7,15H2,1H3,(H,16,17). The van der Waals surface area contributed by atoms with Crippen LogP contribution in [-0.2, 0) is 4.79 Å². The van der Waals surface area contributed by atoms with Gasteiger partial charge in [0.15, 0.2) is 0 Å². The summed E-state index contributed by atoms with van der Waals surface area (Å²) in [6.45, 7) is 1.97. The second kappa shape index (κ2) is 6.19. The van der Waals surface area contributed by atoms with Crippen molar-refractivity contribution in [3.05, 3.63) is 29.3 Å². The van der Waals surface area contributed by atoms with Crippen molar-refractivity contribution >= 4 is 11.6 Å². The Kier molecular flexibility index (Phi) is 4.59. The van der Waals surface area contributed by atoms with Crippen molar-refractivity contribution in [1.29, 1.82) is 5.26 Å². The van der Waals surface area contributed by atoms with Crippen molar-refractivity contribution < 1.29 is 4.79 Å². The Morgan fingerprint density at radius 1 is 1.47 bits per heavy atom. The summed E-state index contributed by atoms with van der Waals surface area (Å²) in [7, 11) is 0. The molecule has 0 bridgehead atoms. The highest BCUT2D eigenvalue weighted by Crippen LogP contribution is 2.11. The second-order valence-corrected chi connectivity index (χ2v) is 3.45. The zero-order valence-electron chi connectivity index (χ0n) is 9.58. The molecule has 0 saturated carbocycles. The van der Waals surface area contributed by atoms with Crippen molar-refractivity contribution in [3.63, 3.8) is 0 Å². The van der Waals surface area contributed by atoms with Gasteiger partial charge in [-0.25, -0.2) is 0 Å². The van der Waals surface area contributed by atoms with Crippen molar-refractivity contribution in [2.24, 2.45) is 0 Å². The van der Waals surface area contributed by atoms with E-state index in [9.17, 15) is 4.79 Å². The summed E-state index contributed by atoms with van der Waals surface area (Å²) in [4.78, 5) is 10.6. The fourth-order valence-electron chi connectivity index (χ4n) is 1.22. The molecule has 0 spiro atoms. The van der Waals surface area contributed by atoms with Crippen molar-refractivity contribution in [1.82, 2.24) is 5.32 Å². The van der Waals surface area contributed by atoms with Crippen LogP contribution in [0, 0.1) is 23.2 Å². The number of nitrogens with zero attached hydrogens (tertiary/aromatic N) is 1. The van der Waals surface area contributed by atoms with Gasteiger partial charge < -0.3 is 11.1 Å². The monoisotopic (exact) mass is 227 g/mol. The van der Waals surface area contributed by atoms with Gasteiger partial charge in [-0.15, -0.1) is 0 Å². The van der Waals surface area contributed by atoms with Crippen LogP contribution in [0.5, 0.6) is 0 Å². The molecular weight excluding hydrogens is 214 g/mol. The molecule has 0 atom stereocenters. The highest BCUT2D eigenvalue weighted by molar-refractivity contribution is 5.72. The third-order valence-electron chi connectivity index (χ3n) is 2.01. The van der Waals surface area contributed by atoms with E-state index in [1.165, 1.54) is 6.92 Å². The number of nitriles is 1. The maximum absolute atomic E-state index is 10.6. The van der Waals surface area contributed by atoms with Crippen LogP contribution in [0.2, 0.25) is 0 Å². The number of rotatable bonds is 2. The molecule has 0 radical (unpaired) electrons. The number of carbonyl (C=O) groups excluding carboxylic acids is 1. The molecule has 0 aliphatic carbocycles. The second-order valence-electron chi connectivity index (χ2n) is 3.45. The van der Waals surface area contributed by atoms with Crippen LogP contribution >= 0.6 is 0 Å². The van der Waals surface area contributed by atoms with Crippen LogP contribution in [0.4, 0.5) is 5.69 Å². The van der Waals surface area contributed by atoms with Gasteiger partial charge in [-0.2, -0.15) is 5.26 Å². The third kappa shape index (κ3) is 4.27. The molecule has 0 aliphatic heterocycles. The van der Waals surface area contributed by atoms with Crippen molar-refractivity contribution in [2.45, 2.75) is 13.3 Å². The number of amides is 1. The molecule has 86 valence electrons. The number of benzene rings is 1. The SMILES string of the molecule is CC(=O)NCCC#Cc1ccc(N)cc1C#N. The van der Waals surface area contributed by atoms with Crippen LogP contribution in [0.15, 0.2) is 18.2 Å². The van der Waals surface area contributed by atoms with E-state index in [0.717, 1.165) is 0 Å². The molecule has 0 aliphatic rings. The molecule has 0 unspecified atom stereocenters. The zero-order valence-corrected chi connectivity index (χ0v) is 9.58. The maximum Gasteiger partial charge on any atom is 0.216 e. The molecule has 1 aromatic rings. The lowest BCUT2D eigenvalue weighted by molar-refractivity contribution is -0.118. The van der Waals surface area contributed by atoms with E-state index in [2.05, 4.69) is 17.2 Å². The van der Waals surface area contributed by atoms with Crippen LogP contribution < -0.4 is 11.1 Å². The number of carbonyl (C=O) groups is 1. The van der Waals surface area contributed by atoms with Gasteiger partial charge in [0, 0.05) is 31.1 Å². The average Bonchev–Trinajstić information content (AvgIpc) is 2.29. The van der Waals surface area contributed by atoms with Gasteiger partial charge in [-0.3, -0.25) is 4.79 Å². The first-order chi connectivity index (χ1) is 8.13. The van der Waals surface area contributed by atoms with Gasteiger partial charge in [-0.05, 0) is 18.2 Å². The third-order valence-corrected chi connectivity index (χ3v) is 2.01. The number of nitrogens with two attached hydrogens (primary N) is 1. The van der Waals surface area contributed by atoms with Gasteiger partial charge in [-0.1, -0.05) is 11.8 Å². The highest BCUT2D eigenvalue weighted by atomic mass is 16.1. The smallest absolute Gasteiger partial charge is 0.216 e. The Balaban J connectivity index is 2.66. The molecule has 1 aromatic carbocycles. The largest absolute Gasteiger partial charge is 0.399 e. The summed E-state index contributed by atoms with van der Waals surface area (Å²) in [6, 6.07) is 7.07. The van der Waals surface area contributed by atoms with Crippen molar-refractivity contribution in [3.8, 4) is 17.9 Å². The molecule has 0 fully saturated rings. The van der Waals surface area contributed by atoms with Crippen molar-refractivity contribution in [2.75, 3.05) is 12.3 Å². The van der Waals surface area contributed by atoms with Gasteiger partial charge in [0.25, 0.3) is 0 Å². The van der Waals surface area contributed by atoms with E-state index in [0.29, 0.717) is 29.8 Å². The van der Waals surface area contributed by atoms with Gasteiger partial charge in [0.05, 0.1) is 5.56 Å². The Labute approximate surface area is 100 Å². The first-order valence-electron chi connectivity index (χ1n) is 5.16. The number of nitrogens with one attached hydrogen (secondary N) is 1. The Bertz CT molecular complexity index is 518. The summed E-state index contributed by atoms with van der Waals surface area (Å²) >= 11 is 0. The van der Waals surface area contributed by atoms with Gasteiger partial charge >= 0.3 is 0 Å². The predicted molar refractivity (Wildman–Crippen MR) is 65.7 cm³/mol. The minimum atomic E-state index is -0.0722. The normalized spacial score (nSPS) is 8.71. The van der Waals surface area contributed by atoms with Gasteiger partial charge in [0.2, 0.25) is 5.91 Å². The highest BCUT2D eigenvalue weighted by Gasteiger charge is 1.98. The Hall–Kier alpha value is -2.46. The first-order valence-corrected chi connectivity index (χ1v) is 5.16. The summed E-state index contributed by atoms with van der Waals surface area (Å²) in [5.74, 6) is 5.71.